The maximum Gasteiger partial charge on any atom is 0.0363 e. The van der Waals surface area contributed by atoms with Crippen LogP contribution in [-0.2, 0) is 0 Å². The third-order valence-electron chi connectivity index (χ3n) is 3.09. The van der Waals surface area contributed by atoms with Crippen molar-refractivity contribution < 1.29 is 0 Å². The van der Waals surface area contributed by atoms with Crippen LogP contribution < -0.4 is 5.73 Å². The normalized spacial score (nSPS) is 22.0. The minimum absolute atomic E-state index is 0.625. The molecule has 1 saturated heterocycles. The van der Waals surface area contributed by atoms with Crippen molar-refractivity contribution in [3.63, 3.8) is 0 Å². The van der Waals surface area contributed by atoms with Gasteiger partial charge in [0.1, 0.15) is 0 Å². The zero-order valence-electron chi connectivity index (χ0n) is 8.74. The standard InChI is InChI=1S/C12H18N2/c1-10-4-2-3-5-11(10)12-6-8-14(12)9-7-13/h2-5,12H,6-9,13H2,1H3. The smallest absolute Gasteiger partial charge is 0.0363 e. The van der Waals surface area contributed by atoms with Gasteiger partial charge in [0, 0.05) is 25.7 Å². The highest BCUT2D eigenvalue weighted by atomic mass is 15.2. The number of rotatable bonds is 3. The Morgan fingerprint density at radius 3 is 2.79 bits per heavy atom. The molecule has 0 aliphatic carbocycles. The van der Waals surface area contributed by atoms with Gasteiger partial charge in [0.05, 0.1) is 0 Å². The number of likely N-dealkylation sites (tertiary alicyclic amines) is 1. The summed E-state index contributed by atoms with van der Waals surface area (Å²) in [7, 11) is 0. The Hall–Kier alpha value is -0.860. The quantitative estimate of drug-likeness (QED) is 0.786. The summed E-state index contributed by atoms with van der Waals surface area (Å²) in [5.74, 6) is 0. The molecule has 1 aromatic carbocycles. The van der Waals surface area contributed by atoms with Crippen LogP contribution in [0.1, 0.15) is 23.6 Å². The fourth-order valence-corrected chi connectivity index (χ4v) is 2.19. The molecule has 2 nitrogen and oxygen atoms in total. The maximum atomic E-state index is 5.58. The van der Waals surface area contributed by atoms with Crippen LogP contribution in [0.3, 0.4) is 0 Å². The molecule has 1 unspecified atom stereocenters. The fourth-order valence-electron chi connectivity index (χ4n) is 2.19. The number of hydrogen-bond acceptors (Lipinski definition) is 2. The molecular weight excluding hydrogens is 172 g/mol. The van der Waals surface area contributed by atoms with E-state index < -0.39 is 0 Å². The van der Waals surface area contributed by atoms with Gasteiger partial charge in [-0.1, -0.05) is 24.3 Å². The topological polar surface area (TPSA) is 29.3 Å². The maximum absolute atomic E-state index is 5.58. The van der Waals surface area contributed by atoms with E-state index in [1.54, 1.807) is 0 Å². The van der Waals surface area contributed by atoms with Crippen molar-refractivity contribution in [1.82, 2.24) is 4.90 Å². The number of nitrogens with zero attached hydrogens (tertiary/aromatic N) is 1. The summed E-state index contributed by atoms with van der Waals surface area (Å²) in [5, 5.41) is 0. The highest BCUT2D eigenvalue weighted by Crippen LogP contribution is 2.33. The minimum atomic E-state index is 0.625. The van der Waals surface area contributed by atoms with Gasteiger partial charge in [-0.25, -0.2) is 0 Å². The summed E-state index contributed by atoms with van der Waals surface area (Å²) < 4.78 is 0. The van der Waals surface area contributed by atoms with Crippen LogP contribution in [0.2, 0.25) is 0 Å². The van der Waals surface area contributed by atoms with Gasteiger partial charge in [-0.05, 0) is 24.5 Å². The average molecular weight is 190 g/mol. The van der Waals surface area contributed by atoms with Gasteiger partial charge in [0.15, 0.2) is 0 Å². The highest BCUT2D eigenvalue weighted by Gasteiger charge is 2.28. The second kappa shape index (κ2) is 4.11. The number of aryl methyl sites for hydroxylation is 1. The van der Waals surface area contributed by atoms with Gasteiger partial charge in [-0.3, -0.25) is 4.90 Å². The van der Waals surface area contributed by atoms with E-state index in [4.69, 9.17) is 5.73 Å². The zero-order chi connectivity index (χ0) is 9.97. The molecule has 0 aromatic heterocycles. The molecule has 1 aromatic rings. The second-order valence-corrected chi connectivity index (χ2v) is 3.99. The van der Waals surface area contributed by atoms with E-state index in [0.717, 1.165) is 13.1 Å². The van der Waals surface area contributed by atoms with Crippen molar-refractivity contribution in [3.05, 3.63) is 35.4 Å². The Balaban J connectivity index is 2.12. The van der Waals surface area contributed by atoms with Crippen LogP contribution in [0.4, 0.5) is 0 Å². The number of benzene rings is 1. The van der Waals surface area contributed by atoms with E-state index in [2.05, 4.69) is 36.1 Å². The Labute approximate surface area is 85.7 Å². The molecular formula is C12H18N2. The molecule has 0 bridgehead atoms. The first-order valence-electron chi connectivity index (χ1n) is 5.32. The molecule has 0 spiro atoms. The van der Waals surface area contributed by atoms with Gasteiger partial charge >= 0.3 is 0 Å². The molecule has 1 heterocycles. The summed E-state index contributed by atoms with van der Waals surface area (Å²) in [4.78, 5) is 2.46. The van der Waals surface area contributed by atoms with Crippen LogP contribution in [0.25, 0.3) is 0 Å². The third-order valence-corrected chi connectivity index (χ3v) is 3.09. The molecule has 0 amide bonds. The minimum Gasteiger partial charge on any atom is -0.329 e. The van der Waals surface area contributed by atoms with E-state index in [9.17, 15) is 0 Å². The first-order chi connectivity index (χ1) is 6.83. The highest BCUT2D eigenvalue weighted by molar-refractivity contribution is 5.30. The first kappa shape index (κ1) is 9.69. The van der Waals surface area contributed by atoms with Crippen molar-refractivity contribution in [1.29, 1.82) is 0 Å². The average Bonchev–Trinajstić information content (AvgIpc) is 2.16. The number of hydrogen-bond donors (Lipinski definition) is 1. The molecule has 2 heteroatoms. The van der Waals surface area contributed by atoms with Gasteiger partial charge < -0.3 is 5.73 Å². The lowest BCUT2D eigenvalue weighted by atomic mass is 9.91. The second-order valence-electron chi connectivity index (χ2n) is 3.99. The molecule has 1 aliphatic rings. The van der Waals surface area contributed by atoms with Gasteiger partial charge in [-0.2, -0.15) is 0 Å². The molecule has 14 heavy (non-hydrogen) atoms. The van der Waals surface area contributed by atoms with Crippen LogP contribution in [0.15, 0.2) is 24.3 Å². The van der Waals surface area contributed by atoms with Crippen LogP contribution in [0, 0.1) is 6.92 Å². The molecule has 2 N–H and O–H groups in total. The van der Waals surface area contributed by atoms with Crippen LogP contribution in [0.5, 0.6) is 0 Å². The van der Waals surface area contributed by atoms with E-state index in [-0.39, 0.29) is 0 Å². The van der Waals surface area contributed by atoms with Crippen LogP contribution >= 0.6 is 0 Å². The molecule has 1 fully saturated rings. The third kappa shape index (κ3) is 1.68. The van der Waals surface area contributed by atoms with E-state index >= 15 is 0 Å². The van der Waals surface area contributed by atoms with E-state index in [1.807, 2.05) is 0 Å². The van der Waals surface area contributed by atoms with Gasteiger partial charge in [-0.15, -0.1) is 0 Å². The van der Waals surface area contributed by atoms with Crippen molar-refractivity contribution >= 4 is 0 Å². The van der Waals surface area contributed by atoms with Crippen molar-refractivity contribution in [3.8, 4) is 0 Å². The molecule has 0 radical (unpaired) electrons. The Morgan fingerprint density at radius 1 is 1.43 bits per heavy atom. The summed E-state index contributed by atoms with van der Waals surface area (Å²) in [6, 6.07) is 9.28. The molecule has 1 aliphatic heterocycles. The fraction of sp³-hybridized carbons (Fsp3) is 0.500. The summed E-state index contributed by atoms with van der Waals surface area (Å²) >= 11 is 0. The largest absolute Gasteiger partial charge is 0.329 e. The van der Waals surface area contributed by atoms with E-state index in [1.165, 1.54) is 24.1 Å². The van der Waals surface area contributed by atoms with Crippen LogP contribution in [-0.4, -0.2) is 24.5 Å². The van der Waals surface area contributed by atoms with Gasteiger partial charge in [0.25, 0.3) is 0 Å². The lowest BCUT2D eigenvalue weighted by molar-refractivity contribution is 0.0946. The zero-order valence-corrected chi connectivity index (χ0v) is 8.74. The molecule has 1 atom stereocenters. The van der Waals surface area contributed by atoms with Gasteiger partial charge in [0.2, 0.25) is 0 Å². The van der Waals surface area contributed by atoms with E-state index in [0.29, 0.717) is 6.04 Å². The first-order valence-corrected chi connectivity index (χ1v) is 5.32. The summed E-state index contributed by atoms with van der Waals surface area (Å²) in [5.41, 5.74) is 8.46. The lowest BCUT2D eigenvalue weighted by Crippen LogP contribution is -2.43. The van der Waals surface area contributed by atoms with Crippen molar-refractivity contribution in [2.45, 2.75) is 19.4 Å². The molecule has 76 valence electrons. The monoisotopic (exact) mass is 190 g/mol. The Bertz CT molecular complexity index is 309. The number of nitrogens with two attached hydrogens (primary N) is 1. The summed E-state index contributed by atoms with van der Waals surface area (Å²) in [6.45, 7) is 5.19. The predicted octanol–water partition coefficient (Wildman–Crippen LogP) is 1.70. The molecule has 0 saturated carbocycles. The Kier molecular flexibility index (Phi) is 2.85. The van der Waals surface area contributed by atoms with Crippen molar-refractivity contribution in [2.24, 2.45) is 5.73 Å². The predicted molar refractivity (Wildman–Crippen MR) is 59.2 cm³/mol. The summed E-state index contributed by atoms with van der Waals surface area (Å²) in [6.07, 6.45) is 1.28. The lowest BCUT2D eigenvalue weighted by Gasteiger charge is -2.41. The molecule has 2 rings (SSSR count). The Morgan fingerprint density at radius 2 is 2.21 bits per heavy atom. The SMILES string of the molecule is Cc1ccccc1C1CCN1CCN. The van der Waals surface area contributed by atoms with Crippen molar-refractivity contribution in [2.75, 3.05) is 19.6 Å².